The number of halogens is 3. The highest BCUT2D eigenvalue weighted by Crippen LogP contribution is 2.30. The summed E-state index contributed by atoms with van der Waals surface area (Å²) in [7, 11) is 0. The van der Waals surface area contributed by atoms with Crippen molar-refractivity contribution in [3.8, 4) is 0 Å². The Morgan fingerprint density at radius 1 is 1.16 bits per heavy atom. The first kappa shape index (κ1) is 14.7. The van der Waals surface area contributed by atoms with Crippen LogP contribution in [-0.4, -0.2) is 0 Å². The molecule has 0 radical (unpaired) electrons. The maximum atomic E-state index is 13.8. The second kappa shape index (κ2) is 5.73. The molecule has 2 rings (SSSR count). The predicted molar refractivity (Wildman–Crippen MR) is 83.5 cm³/mol. The van der Waals surface area contributed by atoms with Crippen molar-refractivity contribution in [2.24, 2.45) is 5.73 Å². The Balaban J connectivity index is 2.36. The average Bonchev–Trinajstić information content (AvgIpc) is 2.34. The minimum Gasteiger partial charge on any atom is -0.321 e. The molecule has 0 fully saturated rings. The van der Waals surface area contributed by atoms with Crippen LogP contribution in [0.4, 0.5) is 4.39 Å². The van der Waals surface area contributed by atoms with Gasteiger partial charge in [-0.25, -0.2) is 4.39 Å². The van der Waals surface area contributed by atoms with E-state index in [2.05, 4.69) is 31.9 Å². The van der Waals surface area contributed by atoms with Crippen molar-refractivity contribution in [2.75, 3.05) is 0 Å². The van der Waals surface area contributed by atoms with Gasteiger partial charge < -0.3 is 5.73 Å². The molecule has 0 bridgehead atoms. The fourth-order valence-corrected chi connectivity index (χ4v) is 3.24. The molecule has 0 saturated carbocycles. The van der Waals surface area contributed by atoms with E-state index in [1.54, 1.807) is 12.1 Å². The monoisotopic (exact) mass is 385 g/mol. The minimum absolute atomic E-state index is 0.230. The Bertz CT molecular complexity index is 596. The summed E-state index contributed by atoms with van der Waals surface area (Å²) in [5.41, 5.74) is 7.31. The second-order valence-corrected chi connectivity index (χ2v) is 6.58. The highest BCUT2D eigenvalue weighted by molar-refractivity contribution is 9.10. The highest BCUT2D eigenvalue weighted by atomic mass is 79.9. The van der Waals surface area contributed by atoms with E-state index in [-0.39, 0.29) is 5.82 Å². The van der Waals surface area contributed by atoms with Crippen molar-refractivity contribution >= 4 is 31.9 Å². The molecule has 4 heteroatoms. The lowest BCUT2D eigenvalue weighted by atomic mass is 9.86. The fraction of sp³-hybridized carbons (Fsp3) is 0.200. The molecular formula is C15H14Br2FN. The van der Waals surface area contributed by atoms with Crippen LogP contribution in [0.25, 0.3) is 0 Å². The maximum absolute atomic E-state index is 13.8. The van der Waals surface area contributed by atoms with Gasteiger partial charge in [0.1, 0.15) is 5.82 Å². The molecule has 0 aliphatic heterocycles. The molecule has 19 heavy (non-hydrogen) atoms. The molecule has 2 N–H and O–H groups in total. The van der Waals surface area contributed by atoms with Crippen LogP contribution in [0, 0.1) is 5.82 Å². The number of hydrogen-bond donors (Lipinski definition) is 1. The van der Waals surface area contributed by atoms with Gasteiger partial charge in [-0.2, -0.15) is 0 Å². The van der Waals surface area contributed by atoms with Gasteiger partial charge in [0.25, 0.3) is 0 Å². The van der Waals surface area contributed by atoms with Crippen LogP contribution < -0.4 is 5.73 Å². The molecule has 0 saturated heterocycles. The van der Waals surface area contributed by atoms with E-state index in [4.69, 9.17) is 5.73 Å². The Hall–Kier alpha value is -0.710. The van der Waals surface area contributed by atoms with Gasteiger partial charge in [0.15, 0.2) is 0 Å². The van der Waals surface area contributed by atoms with Gasteiger partial charge >= 0.3 is 0 Å². The predicted octanol–water partition coefficient (Wildman–Crippen LogP) is 4.77. The van der Waals surface area contributed by atoms with Crippen molar-refractivity contribution in [3.05, 3.63) is 68.4 Å². The van der Waals surface area contributed by atoms with E-state index in [0.29, 0.717) is 12.0 Å². The normalized spacial score (nSPS) is 14.2. The SMILES string of the molecule is CC(N)(Cc1cc(Br)ccc1F)c1ccccc1Br. The molecule has 1 atom stereocenters. The van der Waals surface area contributed by atoms with E-state index in [1.807, 2.05) is 31.2 Å². The standard InChI is InChI=1S/C15H14Br2FN/c1-15(19,12-4-2-3-5-13(12)17)9-10-8-11(16)6-7-14(10)18/h2-8H,9,19H2,1H3. The topological polar surface area (TPSA) is 26.0 Å². The fourth-order valence-electron chi connectivity index (χ4n) is 2.09. The molecule has 0 amide bonds. The zero-order valence-corrected chi connectivity index (χ0v) is 13.6. The summed E-state index contributed by atoms with van der Waals surface area (Å²) in [5, 5.41) is 0. The van der Waals surface area contributed by atoms with Crippen molar-refractivity contribution in [1.29, 1.82) is 0 Å². The molecule has 0 heterocycles. The number of rotatable bonds is 3. The smallest absolute Gasteiger partial charge is 0.126 e. The number of benzene rings is 2. The van der Waals surface area contributed by atoms with Crippen LogP contribution in [0.5, 0.6) is 0 Å². The van der Waals surface area contributed by atoms with Crippen LogP contribution >= 0.6 is 31.9 Å². The molecule has 2 aromatic rings. The van der Waals surface area contributed by atoms with Crippen molar-refractivity contribution in [2.45, 2.75) is 18.9 Å². The summed E-state index contributed by atoms with van der Waals surface area (Å²) in [4.78, 5) is 0. The zero-order chi connectivity index (χ0) is 14.0. The quantitative estimate of drug-likeness (QED) is 0.807. The molecule has 0 aromatic heterocycles. The first-order valence-electron chi connectivity index (χ1n) is 5.88. The van der Waals surface area contributed by atoms with Gasteiger partial charge in [-0.05, 0) is 48.7 Å². The lowest BCUT2D eigenvalue weighted by Crippen LogP contribution is -2.36. The molecule has 0 spiro atoms. The molecule has 100 valence electrons. The van der Waals surface area contributed by atoms with E-state index in [0.717, 1.165) is 14.5 Å². The third kappa shape index (κ3) is 3.44. The Labute approximate surface area is 129 Å². The minimum atomic E-state index is -0.637. The zero-order valence-electron chi connectivity index (χ0n) is 10.5. The van der Waals surface area contributed by atoms with Crippen LogP contribution in [0.1, 0.15) is 18.1 Å². The number of hydrogen-bond acceptors (Lipinski definition) is 1. The van der Waals surface area contributed by atoms with Gasteiger partial charge in [-0.1, -0.05) is 50.1 Å². The summed E-state index contributed by atoms with van der Waals surface area (Å²) in [6.07, 6.45) is 0.431. The number of nitrogens with two attached hydrogens (primary N) is 1. The highest BCUT2D eigenvalue weighted by Gasteiger charge is 2.25. The van der Waals surface area contributed by atoms with Gasteiger partial charge in [0, 0.05) is 14.5 Å². The van der Waals surface area contributed by atoms with Crippen LogP contribution in [-0.2, 0) is 12.0 Å². The van der Waals surface area contributed by atoms with Crippen molar-refractivity contribution < 1.29 is 4.39 Å². The lowest BCUT2D eigenvalue weighted by molar-refractivity contribution is 0.473. The van der Waals surface area contributed by atoms with Gasteiger partial charge in [0.05, 0.1) is 0 Å². The third-order valence-electron chi connectivity index (χ3n) is 3.05. The van der Waals surface area contributed by atoms with Gasteiger partial charge in [-0.15, -0.1) is 0 Å². The Kier molecular flexibility index (Phi) is 4.43. The molecule has 0 aliphatic carbocycles. The van der Waals surface area contributed by atoms with Gasteiger partial charge in [-0.3, -0.25) is 0 Å². The van der Waals surface area contributed by atoms with E-state index in [9.17, 15) is 4.39 Å². The van der Waals surface area contributed by atoms with Crippen LogP contribution in [0.2, 0.25) is 0 Å². The van der Waals surface area contributed by atoms with Crippen molar-refractivity contribution in [1.82, 2.24) is 0 Å². The van der Waals surface area contributed by atoms with E-state index < -0.39 is 5.54 Å². The van der Waals surface area contributed by atoms with Gasteiger partial charge in [0.2, 0.25) is 0 Å². The summed E-state index contributed by atoms with van der Waals surface area (Å²) in [6.45, 7) is 1.91. The average molecular weight is 387 g/mol. The lowest BCUT2D eigenvalue weighted by Gasteiger charge is -2.27. The molecule has 1 unspecified atom stereocenters. The summed E-state index contributed by atoms with van der Waals surface area (Å²) < 4.78 is 15.6. The molecule has 0 aliphatic rings. The largest absolute Gasteiger partial charge is 0.321 e. The van der Waals surface area contributed by atoms with Crippen LogP contribution in [0.15, 0.2) is 51.4 Å². The second-order valence-electron chi connectivity index (χ2n) is 4.81. The summed E-state index contributed by atoms with van der Waals surface area (Å²) in [6, 6.07) is 12.7. The van der Waals surface area contributed by atoms with Crippen molar-refractivity contribution in [3.63, 3.8) is 0 Å². The molecular weight excluding hydrogens is 373 g/mol. The maximum Gasteiger partial charge on any atom is 0.126 e. The van der Waals surface area contributed by atoms with E-state index in [1.165, 1.54) is 6.07 Å². The first-order chi connectivity index (χ1) is 8.90. The Morgan fingerprint density at radius 3 is 2.53 bits per heavy atom. The third-order valence-corrected chi connectivity index (χ3v) is 4.24. The summed E-state index contributed by atoms with van der Waals surface area (Å²) in [5.74, 6) is -0.230. The molecule has 1 nitrogen and oxygen atoms in total. The first-order valence-corrected chi connectivity index (χ1v) is 7.46. The van der Waals surface area contributed by atoms with E-state index >= 15 is 0 Å². The molecule has 2 aromatic carbocycles. The Morgan fingerprint density at radius 2 is 1.84 bits per heavy atom. The summed E-state index contributed by atoms with van der Waals surface area (Å²) >= 11 is 6.85. The van der Waals surface area contributed by atoms with Crippen LogP contribution in [0.3, 0.4) is 0 Å².